The smallest absolute Gasteiger partial charge is 0.168 e. The molecule has 0 fully saturated rings. The molecule has 0 heterocycles. The van der Waals surface area contributed by atoms with E-state index in [9.17, 15) is 13.2 Å². The highest BCUT2D eigenvalue weighted by Crippen LogP contribution is 2.28. The zero-order valence-corrected chi connectivity index (χ0v) is 11.6. The minimum atomic E-state index is -0.883. The van der Waals surface area contributed by atoms with Crippen molar-refractivity contribution in [2.24, 2.45) is 5.73 Å². The van der Waals surface area contributed by atoms with Crippen LogP contribution in [0.15, 0.2) is 36.4 Å². The van der Waals surface area contributed by atoms with Gasteiger partial charge < -0.3 is 10.5 Å². The van der Waals surface area contributed by atoms with Gasteiger partial charge >= 0.3 is 0 Å². The van der Waals surface area contributed by atoms with Gasteiger partial charge in [-0.25, -0.2) is 13.2 Å². The summed E-state index contributed by atoms with van der Waals surface area (Å²) in [6.45, 7) is 1.95. The van der Waals surface area contributed by atoms with Crippen LogP contribution in [0.3, 0.4) is 0 Å². The van der Waals surface area contributed by atoms with Crippen LogP contribution in [0.4, 0.5) is 13.2 Å². The monoisotopic (exact) mass is 295 g/mol. The Morgan fingerprint density at radius 2 is 1.62 bits per heavy atom. The third kappa shape index (κ3) is 3.98. The maximum absolute atomic E-state index is 13.9. The van der Waals surface area contributed by atoms with E-state index in [1.165, 1.54) is 12.1 Å². The molecule has 2 rings (SSSR count). The molecule has 2 N–H and O–H groups in total. The molecule has 2 nitrogen and oxygen atoms in total. The number of ether oxygens (including phenoxy) is 1. The van der Waals surface area contributed by atoms with Crippen LogP contribution in [0.1, 0.15) is 18.9 Å². The topological polar surface area (TPSA) is 35.2 Å². The van der Waals surface area contributed by atoms with E-state index < -0.39 is 17.5 Å². The lowest BCUT2D eigenvalue weighted by Gasteiger charge is -2.11. The summed E-state index contributed by atoms with van der Waals surface area (Å²) in [7, 11) is 0. The van der Waals surface area contributed by atoms with Gasteiger partial charge in [-0.15, -0.1) is 0 Å². The van der Waals surface area contributed by atoms with Gasteiger partial charge in [-0.05, 0) is 42.7 Å². The summed E-state index contributed by atoms with van der Waals surface area (Å²) < 4.78 is 45.3. The van der Waals surface area contributed by atoms with Crippen LogP contribution in [0.25, 0.3) is 0 Å². The Morgan fingerprint density at radius 1 is 1.00 bits per heavy atom. The molecule has 1 atom stereocenters. The number of hydrogen-bond donors (Lipinski definition) is 1. The first-order valence-corrected chi connectivity index (χ1v) is 6.66. The van der Waals surface area contributed by atoms with Crippen LogP contribution < -0.4 is 10.5 Å². The standard InChI is InChI=1S/C16H16F3NO/c1-2-12(20)7-10-3-5-15(13(18)8-10)21-16-6-4-11(17)9-14(16)19/h3-6,8-9,12H,2,7,20H2,1H3. The van der Waals surface area contributed by atoms with Gasteiger partial charge in [0.2, 0.25) is 0 Å². The molecule has 0 aliphatic heterocycles. The molecule has 2 aromatic rings. The van der Waals surface area contributed by atoms with Crippen molar-refractivity contribution in [3.63, 3.8) is 0 Å². The highest BCUT2D eigenvalue weighted by Gasteiger charge is 2.11. The summed E-state index contributed by atoms with van der Waals surface area (Å²) in [5.41, 5.74) is 6.56. The molecule has 0 aliphatic carbocycles. The van der Waals surface area contributed by atoms with E-state index in [1.807, 2.05) is 6.92 Å². The van der Waals surface area contributed by atoms with Gasteiger partial charge in [0, 0.05) is 12.1 Å². The van der Waals surface area contributed by atoms with Gasteiger partial charge in [0.1, 0.15) is 5.82 Å². The molecule has 0 saturated heterocycles. The van der Waals surface area contributed by atoms with Crippen LogP contribution in [0.2, 0.25) is 0 Å². The van der Waals surface area contributed by atoms with Gasteiger partial charge in [-0.2, -0.15) is 0 Å². The van der Waals surface area contributed by atoms with Crippen LogP contribution in [-0.2, 0) is 6.42 Å². The fourth-order valence-electron chi connectivity index (χ4n) is 1.88. The molecule has 1 unspecified atom stereocenters. The van der Waals surface area contributed by atoms with E-state index >= 15 is 0 Å². The van der Waals surface area contributed by atoms with Gasteiger partial charge in [0.25, 0.3) is 0 Å². The van der Waals surface area contributed by atoms with Gasteiger partial charge in [0.15, 0.2) is 23.1 Å². The largest absolute Gasteiger partial charge is 0.451 e. The first-order valence-electron chi connectivity index (χ1n) is 6.66. The van der Waals surface area contributed by atoms with E-state index in [2.05, 4.69) is 0 Å². The minimum Gasteiger partial charge on any atom is -0.451 e. The van der Waals surface area contributed by atoms with E-state index in [4.69, 9.17) is 10.5 Å². The van der Waals surface area contributed by atoms with E-state index in [1.54, 1.807) is 6.07 Å². The molecule has 2 aromatic carbocycles. The molecule has 5 heteroatoms. The van der Waals surface area contributed by atoms with Crippen molar-refractivity contribution in [2.45, 2.75) is 25.8 Å². The van der Waals surface area contributed by atoms with Crippen molar-refractivity contribution < 1.29 is 17.9 Å². The summed E-state index contributed by atoms with van der Waals surface area (Å²) in [6.07, 6.45) is 1.35. The number of benzene rings is 2. The second-order valence-corrected chi connectivity index (χ2v) is 4.81. The van der Waals surface area contributed by atoms with Crippen molar-refractivity contribution in [1.82, 2.24) is 0 Å². The van der Waals surface area contributed by atoms with E-state index in [-0.39, 0.29) is 17.5 Å². The molecule has 0 aliphatic rings. The molecule has 0 amide bonds. The molecule has 0 aromatic heterocycles. The average Bonchev–Trinajstić information content (AvgIpc) is 2.44. The molecule has 21 heavy (non-hydrogen) atoms. The molecular formula is C16H16F3NO. The molecule has 0 saturated carbocycles. The quantitative estimate of drug-likeness (QED) is 0.898. The molecule has 112 valence electrons. The van der Waals surface area contributed by atoms with Crippen molar-refractivity contribution in [3.05, 3.63) is 59.4 Å². The predicted octanol–water partition coefficient (Wildman–Crippen LogP) is 4.18. The molecule has 0 bridgehead atoms. The third-order valence-electron chi connectivity index (χ3n) is 3.13. The van der Waals surface area contributed by atoms with Gasteiger partial charge in [-0.3, -0.25) is 0 Å². The van der Waals surface area contributed by atoms with Crippen LogP contribution >= 0.6 is 0 Å². The third-order valence-corrected chi connectivity index (χ3v) is 3.13. The first kappa shape index (κ1) is 15.4. The fraction of sp³-hybridized carbons (Fsp3) is 0.250. The number of hydrogen-bond acceptors (Lipinski definition) is 2. The lowest BCUT2D eigenvalue weighted by atomic mass is 10.0. The van der Waals surface area contributed by atoms with E-state index in [0.29, 0.717) is 12.5 Å². The van der Waals surface area contributed by atoms with Gasteiger partial charge in [-0.1, -0.05) is 13.0 Å². The summed E-state index contributed by atoms with van der Waals surface area (Å²) in [5.74, 6) is -2.56. The number of rotatable bonds is 5. The maximum atomic E-state index is 13.9. The Labute approximate surface area is 121 Å². The van der Waals surface area contributed by atoms with E-state index in [0.717, 1.165) is 24.1 Å². The summed E-state index contributed by atoms with van der Waals surface area (Å²) in [5, 5.41) is 0. The normalized spacial score (nSPS) is 12.2. The Balaban J connectivity index is 2.17. The Kier molecular flexibility index (Phi) is 4.85. The van der Waals surface area contributed by atoms with Crippen LogP contribution in [0, 0.1) is 17.5 Å². The highest BCUT2D eigenvalue weighted by atomic mass is 19.1. The lowest BCUT2D eigenvalue weighted by Crippen LogP contribution is -2.21. The van der Waals surface area contributed by atoms with Gasteiger partial charge in [0.05, 0.1) is 0 Å². The van der Waals surface area contributed by atoms with Crippen molar-refractivity contribution >= 4 is 0 Å². The maximum Gasteiger partial charge on any atom is 0.168 e. The second kappa shape index (κ2) is 6.63. The fourth-order valence-corrected chi connectivity index (χ4v) is 1.88. The Morgan fingerprint density at radius 3 is 2.19 bits per heavy atom. The zero-order valence-electron chi connectivity index (χ0n) is 11.6. The van der Waals surface area contributed by atoms with Crippen molar-refractivity contribution in [2.75, 3.05) is 0 Å². The van der Waals surface area contributed by atoms with Crippen molar-refractivity contribution in [1.29, 1.82) is 0 Å². The Bertz CT molecular complexity index is 631. The summed E-state index contributed by atoms with van der Waals surface area (Å²) in [6, 6.07) is 7.21. The summed E-state index contributed by atoms with van der Waals surface area (Å²) >= 11 is 0. The zero-order chi connectivity index (χ0) is 15.4. The predicted molar refractivity (Wildman–Crippen MR) is 74.8 cm³/mol. The van der Waals surface area contributed by atoms with Crippen LogP contribution in [0.5, 0.6) is 11.5 Å². The second-order valence-electron chi connectivity index (χ2n) is 4.81. The SMILES string of the molecule is CCC(N)Cc1ccc(Oc2ccc(F)cc2F)c(F)c1. The summed E-state index contributed by atoms with van der Waals surface area (Å²) in [4.78, 5) is 0. The number of halogens is 3. The lowest BCUT2D eigenvalue weighted by molar-refractivity contribution is 0.411. The average molecular weight is 295 g/mol. The molecule has 0 radical (unpaired) electrons. The Hall–Kier alpha value is -2.01. The number of nitrogens with two attached hydrogens (primary N) is 1. The minimum absolute atomic E-state index is 0.0364. The molecule has 0 spiro atoms. The first-order chi connectivity index (χ1) is 9.99. The molecular weight excluding hydrogens is 279 g/mol. The van der Waals surface area contributed by atoms with Crippen molar-refractivity contribution in [3.8, 4) is 11.5 Å². The van der Waals surface area contributed by atoms with Crippen LogP contribution in [-0.4, -0.2) is 6.04 Å². The highest BCUT2D eigenvalue weighted by molar-refractivity contribution is 5.35.